The zero-order valence-electron chi connectivity index (χ0n) is 11.6. The van der Waals surface area contributed by atoms with Crippen LogP contribution in [0.25, 0.3) is 0 Å². The second kappa shape index (κ2) is 43.4. The molecule has 0 aliphatic carbocycles. The van der Waals surface area contributed by atoms with E-state index < -0.39 is 16.5 Å². The van der Waals surface area contributed by atoms with E-state index >= 15 is 0 Å². The van der Waals surface area contributed by atoms with Crippen molar-refractivity contribution >= 4 is 16.5 Å². The average Bonchev–Trinajstić information content (AvgIpc) is 1.93. The maximum absolute atomic E-state index is 10.3. The van der Waals surface area contributed by atoms with E-state index in [4.69, 9.17) is 0 Å². The van der Waals surface area contributed by atoms with Crippen LogP contribution in [-0.2, 0) is 22.5 Å². The van der Waals surface area contributed by atoms with Gasteiger partial charge in [-0.15, -0.1) is 9.05 Å². The molecule has 0 amide bonds. The Morgan fingerprint density at radius 3 is 1.00 bits per heavy atom. The Morgan fingerprint density at radius 1 is 0.579 bits per heavy atom. The van der Waals surface area contributed by atoms with E-state index in [9.17, 15) is 9.13 Å². The molecule has 1 rings (SSSR count). The fraction of sp³-hybridized carbons (Fsp3) is 1.00. The summed E-state index contributed by atoms with van der Waals surface area (Å²) in [5, 5.41) is 0. The zero-order valence-corrected chi connectivity index (χ0v) is 23.4. The first-order valence-corrected chi connectivity index (χ1v) is 4.36. The molecule has 0 bridgehead atoms. The molecule has 19 heavy (non-hydrogen) atoms. The third-order valence-electron chi connectivity index (χ3n) is 0.610. The molecule has 90 valence electrons. The van der Waals surface area contributed by atoms with Crippen LogP contribution in [0.1, 0.15) is 0 Å². The Labute approximate surface area is 223 Å². The van der Waals surface area contributed by atoms with Gasteiger partial charge >= 0.3 is 164 Å². The Morgan fingerprint density at radius 2 is 0.789 bits per heavy atom. The van der Waals surface area contributed by atoms with Gasteiger partial charge in [0.1, 0.15) is 13.2 Å². The first-order chi connectivity index (χ1) is 4.29. The molecule has 0 spiro atoms. The van der Waals surface area contributed by atoms with E-state index in [-0.39, 0.29) is 188 Å². The first kappa shape index (κ1) is 64.9. The molecular weight excluding hydrogens is 361 g/mol. The quantitative estimate of drug-likeness (QED) is 0.290. The third kappa shape index (κ3) is 39.6. The van der Waals surface area contributed by atoms with Gasteiger partial charge in [0.2, 0.25) is 0 Å². The topological polar surface area (TPSA) is 212 Å². The summed E-state index contributed by atoms with van der Waals surface area (Å²) in [6, 6.07) is 0. The molecule has 5 N–H and O–H groups in total. The van der Waals surface area contributed by atoms with Crippen molar-refractivity contribution in [3.8, 4) is 0 Å². The summed E-state index contributed by atoms with van der Waals surface area (Å²) in [4.78, 5) is 0. The number of hydrogen-bond acceptors (Lipinski definition) is 10. The predicted octanol–water partition coefficient (Wildman–Crippen LogP) is -14.5. The molecular formula is C2H9Na5O10P2+2. The van der Waals surface area contributed by atoms with Gasteiger partial charge in [-0.1, -0.05) is 0 Å². The van der Waals surface area contributed by atoms with Gasteiger partial charge in [-0.3, -0.25) is 0 Å². The zero-order chi connectivity index (χ0) is 6.69. The molecule has 1 aliphatic heterocycles. The summed E-state index contributed by atoms with van der Waals surface area (Å²) >= 11 is 0. The van der Waals surface area contributed by atoms with Crippen molar-refractivity contribution in [2.75, 3.05) is 13.2 Å². The maximum atomic E-state index is 10.3. The van der Waals surface area contributed by atoms with E-state index in [2.05, 4.69) is 13.4 Å². The first-order valence-electron chi connectivity index (χ1n) is 2.17. The Hall–Kier alpha value is 4.88. The molecule has 1 saturated heterocycles. The SMILES string of the molecule is O=[P+]1OCCO[P+](=O)O1.[Na+].[Na+].[Na+].[Na+].[Na+].[OH-].[OH-].[OH-].[OH-].[OH-]. The predicted molar refractivity (Wildman–Crippen MR) is 37.9 cm³/mol. The minimum Gasteiger partial charge on any atom is -0.870 e. The van der Waals surface area contributed by atoms with Crippen LogP contribution >= 0.6 is 16.5 Å². The fourth-order valence-electron chi connectivity index (χ4n) is 0.325. The Balaban J connectivity index is -0.0000000101. The molecule has 1 heterocycles. The molecule has 10 nitrogen and oxygen atoms in total. The van der Waals surface area contributed by atoms with Gasteiger partial charge in [0.05, 0.1) is 0 Å². The van der Waals surface area contributed by atoms with Crippen molar-refractivity contribution in [1.82, 2.24) is 0 Å². The van der Waals surface area contributed by atoms with Gasteiger partial charge in [-0.2, -0.15) is 0 Å². The Bertz CT molecular complexity index is 147. The van der Waals surface area contributed by atoms with Crippen LogP contribution in [0, 0.1) is 0 Å². The van der Waals surface area contributed by atoms with Crippen LogP contribution in [0.5, 0.6) is 0 Å². The molecule has 1 fully saturated rings. The summed E-state index contributed by atoms with van der Waals surface area (Å²) in [6.07, 6.45) is 0. The molecule has 0 radical (unpaired) electrons. The van der Waals surface area contributed by atoms with Crippen molar-refractivity contribution in [3.63, 3.8) is 0 Å². The normalized spacial score (nSPS) is 14.1. The van der Waals surface area contributed by atoms with Crippen LogP contribution in [0.15, 0.2) is 0 Å². The van der Waals surface area contributed by atoms with E-state index in [0.717, 1.165) is 0 Å². The van der Waals surface area contributed by atoms with E-state index in [1.54, 1.807) is 0 Å². The molecule has 0 saturated carbocycles. The smallest absolute Gasteiger partial charge is 0.870 e. The van der Waals surface area contributed by atoms with Crippen LogP contribution in [0.4, 0.5) is 0 Å². The second-order valence-electron chi connectivity index (χ2n) is 1.20. The minimum absolute atomic E-state index is 0. The molecule has 0 aromatic carbocycles. The molecule has 0 aromatic heterocycles. The minimum atomic E-state index is -2.22. The summed E-state index contributed by atoms with van der Waals surface area (Å²) < 4.78 is 33.8. The molecule has 17 heteroatoms. The third-order valence-corrected chi connectivity index (χ3v) is 2.46. The maximum Gasteiger partial charge on any atom is 1.00 e. The van der Waals surface area contributed by atoms with E-state index in [1.807, 2.05) is 0 Å². The Kier molecular flexibility index (Phi) is 148. The summed E-state index contributed by atoms with van der Waals surface area (Å²) in [7, 11) is -4.43. The van der Waals surface area contributed by atoms with Crippen molar-refractivity contribution in [2.24, 2.45) is 0 Å². The van der Waals surface area contributed by atoms with Gasteiger partial charge in [-0.25, -0.2) is 0 Å². The van der Waals surface area contributed by atoms with Crippen molar-refractivity contribution in [3.05, 3.63) is 0 Å². The van der Waals surface area contributed by atoms with Gasteiger partial charge in [0.25, 0.3) is 0 Å². The summed E-state index contributed by atoms with van der Waals surface area (Å²) in [6.45, 7) is 0.326. The standard InChI is InChI=1S/C2H4O5P2.5Na.5H2O/c3-8-5-1-2-6-9(4)7-8;;;;;;;;;;/h1-2H2;;;;;;5*1H2/q+2;5*+1;;;;;/p-5. The van der Waals surface area contributed by atoms with Crippen molar-refractivity contribution in [1.29, 1.82) is 0 Å². The number of rotatable bonds is 0. The van der Waals surface area contributed by atoms with Gasteiger partial charge in [-0.05, 0) is 0 Å². The molecule has 0 aromatic rings. The monoisotopic (exact) mass is 370 g/mol. The van der Waals surface area contributed by atoms with Gasteiger partial charge < -0.3 is 27.4 Å². The summed E-state index contributed by atoms with van der Waals surface area (Å²) in [5.41, 5.74) is 0. The fourth-order valence-corrected chi connectivity index (χ4v) is 1.58. The van der Waals surface area contributed by atoms with Crippen molar-refractivity contribution in [2.45, 2.75) is 0 Å². The van der Waals surface area contributed by atoms with Crippen LogP contribution in [0.2, 0.25) is 0 Å². The largest absolute Gasteiger partial charge is 1.00 e. The molecule has 2 unspecified atom stereocenters. The molecule has 1 aliphatic rings. The van der Waals surface area contributed by atoms with Gasteiger partial charge in [0.15, 0.2) is 4.31 Å². The van der Waals surface area contributed by atoms with Crippen molar-refractivity contribution < 1.29 is 198 Å². The van der Waals surface area contributed by atoms with Crippen LogP contribution in [0.3, 0.4) is 0 Å². The van der Waals surface area contributed by atoms with E-state index in [1.165, 1.54) is 0 Å². The molecule has 2 atom stereocenters. The van der Waals surface area contributed by atoms with Gasteiger partial charge in [0, 0.05) is 9.13 Å². The number of hydrogen-bond donors (Lipinski definition) is 0. The van der Waals surface area contributed by atoms with Crippen LogP contribution < -0.4 is 148 Å². The second-order valence-corrected chi connectivity index (χ2v) is 3.26. The van der Waals surface area contributed by atoms with E-state index in [0.29, 0.717) is 0 Å². The summed E-state index contributed by atoms with van der Waals surface area (Å²) in [5.74, 6) is 0. The van der Waals surface area contributed by atoms with Crippen LogP contribution in [-0.4, -0.2) is 40.6 Å². The average molecular weight is 370 g/mol.